The average Bonchev–Trinajstić information content (AvgIpc) is 2.34. The molecule has 0 fully saturated rings. The predicted octanol–water partition coefficient (Wildman–Crippen LogP) is 3.36. The summed E-state index contributed by atoms with van der Waals surface area (Å²) in [5.74, 6) is -1.15. The number of benzene rings is 1. The van der Waals surface area contributed by atoms with E-state index in [4.69, 9.17) is 9.05 Å². The number of carboxylic acid groups (broad SMARTS) is 1. The standard InChI is InChI=1S/C14H22NO5P/c1-10(2)19-21(18,20-11(3)4)15-13(14(16)17)12-8-6-5-7-9-12/h5-11,13H,1-4H3,(H,15,18)(H,16,17)/t13-/m0/s1. The van der Waals surface area contributed by atoms with Crippen LogP contribution in [0.4, 0.5) is 0 Å². The SMILES string of the molecule is CC(C)OP(=O)(N[C@H](C(=O)O)c1ccccc1)OC(C)C. The van der Waals surface area contributed by atoms with E-state index < -0.39 is 19.8 Å². The Morgan fingerprint density at radius 3 is 1.95 bits per heavy atom. The Hall–Kier alpha value is -1.20. The van der Waals surface area contributed by atoms with Crippen LogP contribution >= 0.6 is 7.75 Å². The van der Waals surface area contributed by atoms with Gasteiger partial charge in [0.2, 0.25) is 0 Å². The highest BCUT2D eigenvalue weighted by Crippen LogP contribution is 2.48. The van der Waals surface area contributed by atoms with Crippen LogP contribution in [0.1, 0.15) is 39.3 Å². The molecule has 7 heteroatoms. The van der Waals surface area contributed by atoms with Crippen molar-refractivity contribution in [2.75, 3.05) is 0 Å². The van der Waals surface area contributed by atoms with Crippen molar-refractivity contribution in [3.05, 3.63) is 35.9 Å². The molecule has 0 aliphatic carbocycles. The third-order valence-corrected chi connectivity index (χ3v) is 4.34. The first-order chi connectivity index (χ1) is 9.73. The Labute approximate surface area is 125 Å². The van der Waals surface area contributed by atoms with Crippen LogP contribution in [-0.2, 0) is 18.4 Å². The summed E-state index contributed by atoms with van der Waals surface area (Å²) in [6, 6.07) is 7.31. The molecule has 0 amide bonds. The van der Waals surface area contributed by atoms with Gasteiger partial charge >= 0.3 is 13.7 Å². The van der Waals surface area contributed by atoms with Crippen molar-refractivity contribution in [2.24, 2.45) is 0 Å². The van der Waals surface area contributed by atoms with E-state index in [0.717, 1.165) is 0 Å². The van der Waals surface area contributed by atoms with Crippen molar-refractivity contribution in [2.45, 2.75) is 45.9 Å². The zero-order chi connectivity index (χ0) is 16.0. The van der Waals surface area contributed by atoms with E-state index >= 15 is 0 Å². The zero-order valence-electron chi connectivity index (χ0n) is 12.6. The van der Waals surface area contributed by atoms with E-state index in [-0.39, 0.29) is 12.2 Å². The lowest BCUT2D eigenvalue weighted by Gasteiger charge is -2.26. The lowest BCUT2D eigenvalue weighted by Crippen LogP contribution is -2.29. The highest BCUT2D eigenvalue weighted by Gasteiger charge is 2.34. The molecule has 0 aliphatic rings. The van der Waals surface area contributed by atoms with Crippen molar-refractivity contribution < 1.29 is 23.5 Å². The first kappa shape index (κ1) is 17.9. The maximum absolute atomic E-state index is 12.7. The van der Waals surface area contributed by atoms with Gasteiger partial charge in [-0.2, -0.15) is 0 Å². The van der Waals surface area contributed by atoms with Crippen molar-refractivity contribution in [3.63, 3.8) is 0 Å². The molecule has 1 aromatic rings. The monoisotopic (exact) mass is 315 g/mol. The van der Waals surface area contributed by atoms with Gasteiger partial charge in [0.15, 0.2) is 0 Å². The minimum Gasteiger partial charge on any atom is -0.480 e. The van der Waals surface area contributed by atoms with E-state index in [0.29, 0.717) is 5.56 Å². The van der Waals surface area contributed by atoms with Crippen LogP contribution in [0.5, 0.6) is 0 Å². The van der Waals surface area contributed by atoms with Crippen LogP contribution in [0.25, 0.3) is 0 Å². The van der Waals surface area contributed by atoms with Gasteiger partial charge in [0.25, 0.3) is 0 Å². The summed E-state index contributed by atoms with van der Waals surface area (Å²) in [4.78, 5) is 11.5. The molecule has 118 valence electrons. The molecule has 1 aromatic carbocycles. The van der Waals surface area contributed by atoms with E-state index in [9.17, 15) is 14.5 Å². The molecule has 0 unspecified atom stereocenters. The van der Waals surface area contributed by atoms with Crippen LogP contribution in [0.2, 0.25) is 0 Å². The number of carbonyl (C=O) groups is 1. The molecular weight excluding hydrogens is 293 g/mol. The smallest absolute Gasteiger partial charge is 0.407 e. The number of carboxylic acids is 1. The minimum atomic E-state index is -3.74. The van der Waals surface area contributed by atoms with Gasteiger partial charge in [-0.05, 0) is 33.3 Å². The Kier molecular flexibility index (Phi) is 6.55. The molecule has 0 bridgehead atoms. The van der Waals surface area contributed by atoms with Gasteiger partial charge in [-0.15, -0.1) is 0 Å². The van der Waals surface area contributed by atoms with Crippen LogP contribution < -0.4 is 5.09 Å². The van der Waals surface area contributed by atoms with Crippen LogP contribution in [0.15, 0.2) is 30.3 Å². The fraction of sp³-hybridized carbons (Fsp3) is 0.500. The first-order valence-corrected chi connectivity index (χ1v) is 8.30. The molecule has 21 heavy (non-hydrogen) atoms. The molecular formula is C14H22NO5P. The number of hydrogen-bond donors (Lipinski definition) is 2. The minimum absolute atomic E-state index is 0.368. The van der Waals surface area contributed by atoms with Gasteiger partial charge in [0.05, 0.1) is 12.2 Å². The Balaban J connectivity index is 3.03. The summed E-state index contributed by atoms with van der Waals surface area (Å²) in [5.41, 5.74) is 0.477. The van der Waals surface area contributed by atoms with Crippen LogP contribution in [-0.4, -0.2) is 23.3 Å². The summed E-state index contributed by atoms with van der Waals surface area (Å²) in [6.45, 7) is 6.82. The maximum atomic E-state index is 12.7. The Morgan fingerprint density at radius 1 is 1.10 bits per heavy atom. The molecule has 1 atom stereocenters. The van der Waals surface area contributed by atoms with Gasteiger partial charge < -0.3 is 5.11 Å². The second-order valence-electron chi connectivity index (χ2n) is 5.12. The molecule has 0 aliphatic heterocycles. The molecule has 2 N–H and O–H groups in total. The Bertz CT molecular complexity index is 489. The lowest BCUT2D eigenvalue weighted by atomic mass is 10.1. The largest absolute Gasteiger partial charge is 0.480 e. The fourth-order valence-electron chi connectivity index (χ4n) is 1.72. The molecule has 6 nitrogen and oxygen atoms in total. The van der Waals surface area contributed by atoms with Crippen LogP contribution in [0.3, 0.4) is 0 Å². The highest BCUT2D eigenvalue weighted by molar-refractivity contribution is 7.51. The number of aliphatic carboxylic acids is 1. The van der Waals surface area contributed by atoms with Crippen molar-refractivity contribution in [1.29, 1.82) is 0 Å². The van der Waals surface area contributed by atoms with E-state index in [2.05, 4.69) is 5.09 Å². The predicted molar refractivity (Wildman–Crippen MR) is 80.0 cm³/mol. The average molecular weight is 315 g/mol. The summed E-state index contributed by atoms with van der Waals surface area (Å²) in [5, 5.41) is 11.9. The molecule has 0 saturated carbocycles. The summed E-state index contributed by atoms with van der Waals surface area (Å²) in [7, 11) is -3.74. The molecule has 0 spiro atoms. The van der Waals surface area contributed by atoms with Gasteiger partial charge in [-0.3, -0.25) is 13.8 Å². The number of nitrogens with one attached hydrogen (secondary N) is 1. The second kappa shape index (κ2) is 7.71. The summed E-state index contributed by atoms with van der Waals surface area (Å²) < 4.78 is 23.3. The van der Waals surface area contributed by atoms with Crippen molar-refractivity contribution in [1.82, 2.24) is 5.09 Å². The van der Waals surface area contributed by atoms with Crippen molar-refractivity contribution in [3.8, 4) is 0 Å². The molecule has 0 heterocycles. The first-order valence-electron chi connectivity index (χ1n) is 6.76. The van der Waals surface area contributed by atoms with E-state index in [1.165, 1.54) is 0 Å². The topological polar surface area (TPSA) is 84.9 Å². The highest BCUT2D eigenvalue weighted by atomic mass is 31.2. The van der Waals surface area contributed by atoms with Crippen LogP contribution in [0, 0.1) is 0 Å². The van der Waals surface area contributed by atoms with Gasteiger partial charge in [-0.1, -0.05) is 30.3 Å². The van der Waals surface area contributed by atoms with Gasteiger partial charge in [-0.25, -0.2) is 9.65 Å². The number of hydrogen-bond acceptors (Lipinski definition) is 4. The van der Waals surface area contributed by atoms with Gasteiger partial charge in [0, 0.05) is 0 Å². The maximum Gasteiger partial charge on any atom is 0.407 e. The van der Waals surface area contributed by atoms with E-state index in [1.807, 2.05) is 0 Å². The van der Waals surface area contributed by atoms with Gasteiger partial charge in [0.1, 0.15) is 6.04 Å². The molecule has 0 aromatic heterocycles. The second-order valence-corrected chi connectivity index (χ2v) is 6.79. The normalized spacial score (nSPS) is 13.6. The lowest BCUT2D eigenvalue weighted by molar-refractivity contribution is -0.139. The third-order valence-electron chi connectivity index (χ3n) is 2.37. The summed E-state index contributed by atoms with van der Waals surface area (Å²) >= 11 is 0. The van der Waals surface area contributed by atoms with E-state index in [1.54, 1.807) is 58.0 Å². The molecule has 0 radical (unpaired) electrons. The zero-order valence-corrected chi connectivity index (χ0v) is 13.5. The quantitative estimate of drug-likeness (QED) is 0.716. The fourth-order valence-corrected chi connectivity index (χ4v) is 3.57. The van der Waals surface area contributed by atoms with Crippen molar-refractivity contribution >= 4 is 13.7 Å². The number of rotatable bonds is 8. The Morgan fingerprint density at radius 2 is 1.57 bits per heavy atom. The third kappa shape index (κ3) is 5.98. The molecule has 1 rings (SSSR count). The summed E-state index contributed by atoms with van der Waals surface area (Å²) in [6.07, 6.45) is -0.736. The molecule has 0 saturated heterocycles.